The molecule has 5 rings (SSSR count). The molecule has 1 atom stereocenters. The molecule has 2 aliphatic rings. The van der Waals surface area contributed by atoms with Gasteiger partial charge in [-0.2, -0.15) is 0 Å². The summed E-state index contributed by atoms with van der Waals surface area (Å²) < 4.78 is 26.8. The van der Waals surface area contributed by atoms with Crippen LogP contribution in [-0.2, 0) is 14.3 Å². The van der Waals surface area contributed by atoms with Crippen LogP contribution >= 0.6 is 11.3 Å². The summed E-state index contributed by atoms with van der Waals surface area (Å²) in [6, 6.07) is 7.93. The number of fused-ring (bicyclic) bond motifs is 1. The highest BCUT2D eigenvalue weighted by Crippen LogP contribution is 2.39. The van der Waals surface area contributed by atoms with Crippen molar-refractivity contribution in [2.45, 2.75) is 71.3 Å². The van der Waals surface area contributed by atoms with Gasteiger partial charge in [0.05, 0.1) is 16.8 Å². The van der Waals surface area contributed by atoms with Gasteiger partial charge in [-0.15, -0.1) is 11.3 Å². The maximum atomic E-state index is 15.1. The number of pyridine rings is 1. The second-order valence-electron chi connectivity index (χ2n) is 13.3. The Hall–Kier alpha value is -5.29. The first-order chi connectivity index (χ1) is 25.6. The molecule has 0 saturated heterocycles. The number of urea groups is 1. The topological polar surface area (TPSA) is 119 Å². The van der Waals surface area contributed by atoms with Crippen LogP contribution in [0.2, 0.25) is 0 Å². The number of esters is 1. The van der Waals surface area contributed by atoms with Crippen LogP contribution in [0, 0.1) is 11.7 Å². The number of anilines is 1. The van der Waals surface area contributed by atoms with Gasteiger partial charge >= 0.3 is 12.0 Å². The SMILES string of the molecule is C=C(CCC(CCC)CC(=C)C(=O)NCC(=O)OCC)CC1=CC=C(c2cc3nccc(Oc4ccc(NC(=O)NC5CC5)cc4F)c3s2)C=CC=C1. The van der Waals surface area contributed by atoms with Crippen molar-refractivity contribution in [2.75, 3.05) is 18.5 Å². The largest absolute Gasteiger partial charge is 0.465 e. The molecule has 9 nitrogen and oxygen atoms in total. The second kappa shape index (κ2) is 19.0. The fraction of sp³-hybridized carbons (Fsp3) is 0.333. The number of thiophene rings is 1. The van der Waals surface area contributed by atoms with E-state index in [0.717, 1.165) is 70.3 Å². The van der Waals surface area contributed by atoms with E-state index in [0.29, 0.717) is 29.9 Å². The number of benzene rings is 1. The van der Waals surface area contributed by atoms with Gasteiger partial charge < -0.3 is 25.4 Å². The minimum Gasteiger partial charge on any atom is -0.465 e. The third kappa shape index (κ3) is 11.9. The zero-order valence-electron chi connectivity index (χ0n) is 30.3. The van der Waals surface area contributed by atoms with Gasteiger partial charge in [-0.25, -0.2) is 9.18 Å². The number of ether oxygens (including phenoxy) is 2. The minimum atomic E-state index is -0.589. The number of carbonyl (C=O) groups is 3. The second-order valence-corrected chi connectivity index (χ2v) is 14.3. The van der Waals surface area contributed by atoms with Crippen molar-refractivity contribution >= 4 is 50.7 Å². The molecular formula is C42H47FN4O5S. The minimum absolute atomic E-state index is 0.0473. The molecule has 0 radical (unpaired) electrons. The zero-order valence-corrected chi connectivity index (χ0v) is 31.2. The highest BCUT2D eigenvalue weighted by atomic mass is 32.1. The summed E-state index contributed by atoms with van der Waals surface area (Å²) in [7, 11) is 0. The normalized spacial score (nSPS) is 14.3. The molecule has 0 bridgehead atoms. The Morgan fingerprint density at radius 3 is 2.60 bits per heavy atom. The van der Waals surface area contributed by atoms with Gasteiger partial charge in [-0.3, -0.25) is 14.6 Å². The van der Waals surface area contributed by atoms with E-state index in [1.807, 2.05) is 24.3 Å². The Labute approximate surface area is 314 Å². The Kier molecular flexibility index (Phi) is 13.9. The Bertz CT molecular complexity index is 1970. The standard InChI is InChI=1S/C42H47FN4O5S/c1-5-9-29(23-28(4)41(49)45-26-39(48)51-6-2)13-12-27(3)22-30-10-7-8-11-31(15-14-30)38-25-35-40(53-38)37(20-21-44-35)52-36-19-18-33(24-34(36)43)47-42(50)46-32-16-17-32/h7-8,10-11,14-15,18-21,24-25,29,32H,3-6,9,12-13,16-17,22-23,26H2,1-2H3,(H,45,49)(H2,46,47,50). The number of hydrogen-bond donors (Lipinski definition) is 3. The maximum absolute atomic E-state index is 15.1. The van der Waals surface area contributed by atoms with E-state index in [4.69, 9.17) is 9.47 Å². The number of amides is 3. The average Bonchev–Trinajstić information content (AvgIpc) is 3.82. The molecule has 1 fully saturated rings. The highest BCUT2D eigenvalue weighted by molar-refractivity contribution is 7.20. The van der Waals surface area contributed by atoms with Crippen LogP contribution in [0.1, 0.15) is 70.1 Å². The molecule has 1 aromatic carbocycles. The van der Waals surface area contributed by atoms with Crippen LogP contribution in [0.25, 0.3) is 15.8 Å². The molecule has 0 spiro atoms. The summed E-state index contributed by atoms with van der Waals surface area (Å²) in [5, 5.41) is 8.09. The summed E-state index contributed by atoms with van der Waals surface area (Å²) in [5.41, 5.74) is 4.77. The van der Waals surface area contributed by atoms with Crippen molar-refractivity contribution in [3.8, 4) is 11.5 Å². The maximum Gasteiger partial charge on any atom is 0.325 e. The molecule has 2 heterocycles. The van der Waals surface area contributed by atoms with E-state index >= 15 is 4.39 Å². The lowest BCUT2D eigenvalue weighted by atomic mass is 9.88. The Morgan fingerprint density at radius 2 is 1.85 bits per heavy atom. The number of carbonyl (C=O) groups excluding carboxylic acids is 3. The van der Waals surface area contributed by atoms with Gasteiger partial charge in [0.2, 0.25) is 5.91 Å². The van der Waals surface area contributed by atoms with Crippen LogP contribution in [0.15, 0.2) is 103 Å². The van der Waals surface area contributed by atoms with Crippen LogP contribution in [0.3, 0.4) is 0 Å². The Morgan fingerprint density at radius 1 is 1.04 bits per heavy atom. The van der Waals surface area contributed by atoms with Crippen molar-refractivity contribution in [1.82, 2.24) is 15.6 Å². The van der Waals surface area contributed by atoms with Crippen molar-refractivity contribution < 1.29 is 28.2 Å². The van der Waals surface area contributed by atoms with E-state index in [9.17, 15) is 14.4 Å². The van der Waals surface area contributed by atoms with Gasteiger partial charge in [0.1, 0.15) is 12.3 Å². The molecule has 278 valence electrons. The van der Waals surface area contributed by atoms with Gasteiger partial charge in [0.15, 0.2) is 11.6 Å². The highest BCUT2D eigenvalue weighted by Gasteiger charge is 2.23. The lowest BCUT2D eigenvalue weighted by Crippen LogP contribution is -2.31. The van der Waals surface area contributed by atoms with Crippen molar-refractivity contribution in [3.05, 3.63) is 114 Å². The molecule has 3 aromatic rings. The number of allylic oxidation sites excluding steroid dienone is 9. The fourth-order valence-electron chi connectivity index (χ4n) is 5.90. The molecular weight excluding hydrogens is 692 g/mol. The van der Waals surface area contributed by atoms with E-state index < -0.39 is 11.8 Å². The molecule has 1 unspecified atom stereocenters. The summed E-state index contributed by atoms with van der Waals surface area (Å²) in [4.78, 5) is 41.7. The molecule has 3 N–H and O–H groups in total. The third-order valence-corrected chi connectivity index (χ3v) is 9.96. The molecule has 0 aliphatic heterocycles. The lowest BCUT2D eigenvalue weighted by Gasteiger charge is -2.18. The first kappa shape index (κ1) is 38.9. The molecule has 2 aliphatic carbocycles. The Balaban J connectivity index is 1.19. The van der Waals surface area contributed by atoms with Gasteiger partial charge in [0, 0.05) is 40.5 Å². The lowest BCUT2D eigenvalue weighted by molar-refractivity contribution is -0.143. The summed E-state index contributed by atoms with van der Waals surface area (Å²) >= 11 is 1.51. The number of aromatic nitrogens is 1. The molecule has 53 heavy (non-hydrogen) atoms. The molecule has 3 amide bonds. The molecule has 2 aromatic heterocycles. The number of halogens is 1. The van der Waals surface area contributed by atoms with Gasteiger partial charge in [0.25, 0.3) is 0 Å². The monoisotopic (exact) mass is 738 g/mol. The van der Waals surface area contributed by atoms with Crippen LogP contribution in [0.5, 0.6) is 11.5 Å². The summed E-state index contributed by atoms with van der Waals surface area (Å²) in [6.07, 6.45) is 20.8. The van der Waals surface area contributed by atoms with Crippen molar-refractivity contribution in [2.24, 2.45) is 5.92 Å². The van der Waals surface area contributed by atoms with E-state index in [1.54, 1.807) is 25.3 Å². The number of rotatable bonds is 18. The van der Waals surface area contributed by atoms with E-state index in [-0.39, 0.29) is 42.8 Å². The van der Waals surface area contributed by atoms with Crippen LogP contribution in [-0.4, -0.2) is 42.1 Å². The van der Waals surface area contributed by atoms with Gasteiger partial charge in [-0.05, 0) is 80.7 Å². The fourth-order valence-corrected chi connectivity index (χ4v) is 6.97. The zero-order chi connectivity index (χ0) is 37.7. The van der Waals surface area contributed by atoms with Crippen molar-refractivity contribution in [1.29, 1.82) is 0 Å². The van der Waals surface area contributed by atoms with Crippen LogP contribution in [0.4, 0.5) is 14.9 Å². The number of nitrogens with one attached hydrogen (secondary N) is 3. The number of nitrogens with zero attached hydrogens (tertiary/aromatic N) is 1. The third-order valence-electron chi connectivity index (χ3n) is 8.77. The summed E-state index contributed by atoms with van der Waals surface area (Å²) in [5.74, 6) is -0.558. The first-order valence-electron chi connectivity index (χ1n) is 18.1. The molecule has 11 heteroatoms. The predicted molar refractivity (Wildman–Crippen MR) is 210 cm³/mol. The molecule has 1 saturated carbocycles. The van der Waals surface area contributed by atoms with Crippen LogP contribution < -0.4 is 20.7 Å². The van der Waals surface area contributed by atoms with Crippen molar-refractivity contribution in [3.63, 3.8) is 0 Å². The van der Waals surface area contributed by atoms with E-state index in [1.165, 1.54) is 23.5 Å². The first-order valence-corrected chi connectivity index (χ1v) is 18.9. The number of hydrogen-bond acceptors (Lipinski definition) is 7. The predicted octanol–water partition coefficient (Wildman–Crippen LogP) is 9.72. The van der Waals surface area contributed by atoms with Gasteiger partial charge in [-0.1, -0.05) is 75.0 Å². The quantitative estimate of drug-likeness (QED) is 0.0680. The van der Waals surface area contributed by atoms with E-state index in [2.05, 4.69) is 59.2 Å². The smallest absolute Gasteiger partial charge is 0.325 e. The summed E-state index contributed by atoms with van der Waals surface area (Å²) in [6.45, 7) is 12.3. The average molecular weight is 739 g/mol.